The predicted molar refractivity (Wildman–Crippen MR) is 192 cm³/mol. The molecule has 0 spiro atoms. The van der Waals surface area contributed by atoms with Gasteiger partial charge in [-0.05, 0) is 47.9 Å². The Morgan fingerprint density at radius 1 is 0.522 bits per heavy atom. The van der Waals surface area contributed by atoms with Crippen LogP contribution in [0.4, 0.5) is 0 Å². The van der Waals surface area contributed by atoms with Gasteiger partial charge in [0, 0.05) is 0 Å². The van der Waals surface area contributed by atoms with Gasteiger partial charge in [-0.25, -0.2) is 0 Å². The van der Waals surface area contributed by atoms with Crippen molar-refractivity contribution >= 4 is 21.5 Å². The van der Waals surface area contributed by atoms with Gasteiger partial charge in [-0.3, -0.25) is 0 Å². The molecule has 0 aliphatic carbocycles. The Morgan fingerprint density at radius 2 is 0.870 bits per heavy atom. The van der Waals surface area contributed by atoms with E-state index in [1.807, 2.05) is 0 Å². The zero-order chi connectivity index (χ0) is 30.6. The summed E-state index contributed by atoms with van der Waals surface area (Å²) in [7, 11) is 0. The first kappa shape index (κ1) is 41.4. The molecule has 0 aliphatic rings. The van der Waals surface area contributed by atoms with Crippen molar-refractivity contribution in [3.63, 3.8) is 0 Å². The Bertz CT molecular complexity index is 1560. The molecule has 0 saturated heterocycles. The van der Waals surface area contributed by atoms with E-state index in [-0.39, 0.29) is 46.5 Å². The van der Waals surface area contributed by atoms with Gasteiger partial charge in [0.25, 0.3) is 0 Å². The predicted octanol–water partition coefficient (Wildman–Crippen LogP) is 6.53. The van der Waals surface area contributed by atoms with E-state index in [2.05, 4.69) is 151 Å². The standard InChI is InChI=1S/2C20H21.C3H6.2ClH.Ti/c2*1-3-6-16-13-18-7-5-8-19(20(18)14-16)17-11-9-15(4-2)10-12-17;1-3-2;;;/h2*5,7-14H,3-4,6H2,1-2H3;1-3H2;2*1H;/q2*-1;-2;;;+2/p-2. The van der Waals surface area contributed by atoms with E-state index in [4.69, 9.17) is 0 Å². The molecule has 0 atom stereocenters. The van der Waals surface area contributed by atoms with Crippen LogP contribution in [0.5, 0.6) is 0 Å². The average molecular weight is 684 g/mol. The summed E-state index contributed by atoms with van der Waals surface area (Å²) in [6.45, 7) is 15.6. The van der Waals surface area contributed by atoms with Crippen molar-refractivity contribution in [3.05, 3.63) is 145 Å². The number of hydrogen-bond acceptors (Lipinski definition) is 0. The van der Waals surface area contributed by atoms with Crippen LogP contribution in [0.3, 0.4) is 0 Å². The molecule has 6 aromatic rings. The van der Waals surface area contributed by atoms with E-state index in [9.17, 15) is 0 Å². The number of halogens is 2. The average Bonchev–Trinajstić information content (AvgIpc) is 3.65. The zero-order valence-corrected chi connectivity index (χ0v) is 31.1. The molecular formula is C43H48Cl2Ti-4. The van der Waals surface area contributed by atoms with Crippen molar-refractivity contribution in [1.82, 2.24) is 0 Å². The molecular weight excluding hydrogens is 635 g/mol. The first-order valence-electron chi connectivity index (χ1n) is 16.2. The van der Waals surface area contributed by atoms with Crippen molar-refractivity contribution in [3.8, 4) is 22.3 Å². The molecule has 0 fully saturated rings. The number of fused-ring (bicyclic) bond motifs is 2. The molecule has 0 radical (unpaired) electrons. The fourth-order valence-corrected chi connectivity index (χ4v) is 5.80. The Labute approximate surface area is 306 Å². The molecule has 0 heterocycles. The van der Waals surface area contributed by atoms with Crippen LogP contribution in [0.15, 0.2) is 109 Å². The second-order valence-corrected chi connectivity index (χ2v) is 11.3. The van der Waals surface area contributed by atoms with Gasteiger partial charge in [0.05, 0.1) is 0 Å². The summed E-state index contributed by atoms with van der Waals surface area (Å²) in [5.74, 6) is 0. The van der Waals surface area contributed by atoms with Crippen LogP contribution in [-0.2, 0) is 47.4 Å². The van der Waals surface area contributed by atoms with Crippen LogP contribution < -0.4 is 24.8 Å². The zero-order valence-electron chi connectivity index (χ0n) is 28.0. The summed E-state index contributed by atoms with van der Waals surface area (Å²) in [6, 6.07) is 40.6. The minimum atomic E-state index is 0. The summed E-state index contributed by atoms with van der Waals surface area (Å²) >= 11 is 0. The normalized spacial score (nSPS) is 10.0. The monoisotopic (exact) mass is 682 g/mol. The minimum absolute atomic E-state index is 0. The molecule has 0 amide bonds. The van der Waals surface area contributed by atoms with Crippen molar-refractivity contribution < 1.29 is 46.5 Å². The molecule has 6 aromatic carbocycles. The van der Waals surface area contributed by atoms with Gasteiger partial charge in [-0.2, -0.15) is 12.1 Å². The third-order valence-corrected chi connectivity index (χ3v) is 8.04. The van der Waals surface area contributed by atoms with Crippen molar-refractivity contribution in [1.29, 1.82) is 0 Å². The summed E-state index contributed by atoms with van der Waals surface area (Å²) in [5, 5.41) is 5.51. The van der Waals surface area contributed by atoms with Crippen LogP contribution in [0.2, 0.25) is 0 Å². The van der Waals surface area contributed by atoms with Crippen LogP contribution >= 0.6 is 0 Å². The Morgan fingerprint density at radius 3 is 1.17 bits per heavy atom. The topological polar surface area (TPSA) is 0 Å². The first-order valence-corrected chi connectivity index (χ1v) is 16.2. The summed E-state index contributed by atoms with van der Waals surface area (Å²) in [4.78, 5) is 0. The molecule has 242 valence electrons. The van der Waals surface area contributed by atoms with Gasteiger partial charge in [-0.1, -0.05) is 112 Å². The second-order valence-electron chi connectivity index (χ2n) is 11.3. The smallest absolute Gasteiger partial charge is 1.00 e. The third-order valence-electron chi connectivity index (χ3n) is 8.04. The van der Waals surface area contributed by atoms with Crippen LogP contribution in [0.1, 0.15) is 69.2 Å². The number of hydrogen-bond donors (Lipinski definition) is 0. The molecule has 0 saturated carbocycles. The number of aryl methyl sites for hydroxylation is 4. The maximum absolute atomic E-state index is 3.38. The Balaban J connectivity index is 0.000000400. The molecule has 0 unspecified atom stereocenters. The third kappa shape index (κ3) is 10.7. The van der Waals surface area contributed by atoms with Crippen molar-refractivity contribution in [2.75, 3.05) is 0 Å². The van der Waals surface area contributed by atoms with Gasteiger partial charge in [0.2, 0.25) is 0 Å². The number of benzene rings is 4. The summed E-state index contributed by atoms with van der Waals surface area (Å²) in [5.41, 5.74) is 11.1. The molecule has 46 heavy (non-hydrogen) atoms. The molecule has 6 rings (SSSR count). The molecule has 3 heteroatoms. The summed E-state index contributed by atoms with van der Waals surface area (Å²) in [6.07, 6.45) is 7.70. The molecule has 0 N–H and O–H groups in total. The molecule has 0 aromatic heterocycles. The quantitative estimate of drug-likeness (QED) is 0.127. The first-order chi connectivity index (χ1) is 21.0. The summed E-state index contributed by atoms with van der Waals surface area (Å²) < 4.78 is 0. The maximum Gasteiger partial charge on any atom is 2.00 e. The fraction of sp³-hybridized carbons (Fsp3) is 0.256. The van der Waals surface area contributed by atoms with E-state index in [0.717, 1.165) is 19.3 Å². The molecule has 0 bridgehead atoms. The van der Waals surface area contributed by atoms with Gasteiger partial charge in [0.15, 0.2) is 0 Å². The molecule has 0 aliphatic heterocycles. The second kappa shape index (κ2) is 21.3. The van der Waals surface area contributed by atoms with Crippen LogP contribution in [0.25, 0.3) is 43.8 Å². The van der Waals surface area contributed by atoms with Gasteiger partial charge in [-0.15, -0.1) is 69.1 Å². The van der Waals surface area contributed by atoms with E-state index in [1.54, 1.807) is 0 Å². The Kier molecular flexibility index (Phi) is 19.2. The van der Waals surface area contributed by atoms with Gasteiger partial charge in [0.1, 0.15) is 0 Å². The maximum atomic E-state index is 3.38. The Hall–Kier alpha value is -2.61. The van der Waals surface area contributed by atoms with Gasteiger partial charge >= 0.3 is 21.7 Å². The molecule has 0 nitrogen and oxygen atoms in total. The van der Waals surface area contributed by atoms with E-state index >= 15 is 0 Å². The van der Waals surface area contributed by atoms with Crippen LogP contribution in [0, 0.1) is 13.8 Å². The van der Waals surface area contributed by atoms with Crippen LogP contribution in [-0.4, -0.2) is 0 Å². The van der Waals surface area contributed by atoms with Crippen molar-refractivity contribution in [2.24, 2.45) is 0 Å². The fourth-order valence-electron chi connectivity index (χ4n) is 5.80. The minimum Gasteiger partial charge on any atom is -1.00 e. The van der Waals surface area contributed by atoms with E-state index < -0.39 is 0 Å². The van der Waals surface area contributed by atoms with Gasteiger partial charge < -0.3 is 45.1 Å². The SMILES string of the molecule is CCCc1cc2c(-c3ccc(CC)cc3)cccc2[cH-]1.CCCc1cc2c(-c3ccc(CC)cc3)cccc2[cH-]1.[CH2-]C[CH2-].[Cl-].[Cl-].[Ti+2]. The largest absolute Gasteiger partial charge is 2.00 e. The van der Waals surface area contributed by atoms with E-state index in [0.29, 0.717) is 0 Å². The number of rotatable bonds is 8. The van der Waals surface area contributed by atoms with Crippen molar-refractivity contribution in [2.45, 2.75) is 72.6 Å². The van der Waals surface area contributed by atoms with E-state index in [1.165, 1.54) is 91.7 Å².